The van der Waals surface area contributed by atoms with Crippen molar-refractivity contribution in [3.63, 3.8) is 0 Å². The van der Waals surface area contributed by atoms with Crippen LogP contribution in [-0.2, 0) is 28.1 Å². The molecule has 5 aromatic rings. The van der Waals surface area contributed by atoms with Crippen molar-refractivity contribution < 1.29 is 49.1 Å². The van der Waals surface area contributed by atoms with Crippen molar-refractivity contribution in [3.05, 3.63) is 149 Å². The molecule has 0 bridgehead atoms. The number of sulfonamides is 1. The second kappa shape index (κ2) is 19.6. The van der Waals surface area contributed by atoms with Gasteiger partial charge in [0, 0.05) is 49.2 Å². The molecule has 0 spiro atoms. The minimum atomic E-state index is -3.85. The Morgan fingerprint density at radius 1 is 0.500 bits per heavy atom. The van der Waals surface area contributed by atoms with E-state index < -0.39 is 33.4 Å². The molecule has 0 atom stereocenters. The molecule has 286 valence electrons. The van der Waals surface area contributed by atoms with Gasteiger partial charge in [0.2, 0.25) is 10.0 Å². The van der Waals surface area contributed by atoms with Crippen LogP contribution in [0.1, 0.15) is 49.6 Å². The molecule has 5 aromatic carbocycles. The lowest BCUT2D eigenvalue weighted by atomic mass is 10.0. The fourth-order valence-electron chi connectivity index (χ4n) is 4.19. The Bertz CT molecular complexity index is 2330. The molecule has 0 amide bonds. The first-order valence-electron chi connectivity index (χ1n) is 14.5. The zero-order valence-corrected chi connectivity index (χ0v) is 32.2. The fraction of sp³-hybridized carbons (Fsp3) is 0.0833. The molecule has 54 heavy (non-hydrogen) atoms. The summed E-state index contributed by atoms with van der Waals surface area (Å²) in [6.07, 6.45) is 0. The summed E-state index contributed by atoms with van der Waals surface area (Å²) in [4.78, 5) is 34.8. The molecule has 2 N–H and O–H groups in total. The Balaban J connectivity index is 0.000000285. The number of carbonyl (C=O) groups excluding carboxylic acids is 3. The van der Waals surface area contributed by atoms with Gasteiger partial charge in [0.25, 0.3) is 23.3 Å². The summed E-state index contributed by atoms with van der Waals surface area (Å²) in [6.45, 7) is 0. The molecule has 0 saturated carbocycles. The first-order chi connectivity index (χ1) is 24.7. The third-order valence-corrected chi connectivity index (χ3v) is 10.7. The average Bonchev–Trinajstić information content (AvgIpc) is 3.14. The lowest BCUT2D eigenvalue weighted by molar-refractivity contribution is 0.103. The molecule has 0 fully saturated rings. The van der Waals surface area contributed by atoms with Gasteiger partial charge in [-0.15, -0.1) is 0 Å². The van der Waals surface area contributed by atoms with Crippen molar-refractivity contribution in [2.75, 3.05) is 14.2 Å². The Kier molecular flexibility index (Phi) is 16.6. The molecule has 0 aliphatic heterocycles. The quantitative estimate of drug-likeness (QED) is 0.112. The minimum Gasteiger partial charge on any atom is -0.497 e. The van der Waals surface area contributed by atoms with Crippen LogP contribution in [0, 0.1) is 0 Å². The highest BCUT2D eigenvalue weighted by atomic mass is 35.7. The molecule has 0 unspecified atom stereocenters. The fourth-order valence-corrected chi connectivity index (χ4v) is 6.46. The van der Waals surface area contributed by atoms with Crippen molar-refractivity contribution in [3.8, 4) is 11.5 Å². The lowest BCUT2D eigenvalue weighted by Crippen LogP contribution is -2.13. The Hall–Kier alpha value is -4.61. The second-order valence-corrected chi connectivity index (χ2v) is 17.4. The lowest BCUT2D eigenvalue weighted by Gasteiger charge is -2.05. The molecule has 0 aliphatic rings. The zero-order chi connectivity index (χ0) is 39.6. The number of hydrogen-bond donors (Lipinski definition) is 1. The summed E-state index contributed by atoms with van der Waals surface area (Å²) >= 11 is 5.15. The average molecular weight is 857 g/mol. The van der Waals surface area contributed by atoms with Crippen molar-refractivity contribution >= 4 is 77.9 Å². The molecule has 12 nitrogen and oxygen atoms in total. The highest BCUT2D eigenvalue weighted by Crippen LogP contribution is 2.21. The molecule has 0 aromatic heterocycles. The van der Waals surface area contributed by atoms with E-state index in [0.717, 1.165) is 6.07 Å². The van der Waals surface area contributed by atoms with Gasteiger partial charge < -0.3 is 9.47 Å². The topological polar surface area (TPSA) is 198 Å². The number of ether oxygens (including phenoxy) is 2. The normalized spacial score (nSPS) is 10.9. The van der Waals surface area contributed by atoms with E-state index in [1.807, 2.05) is 0 Å². The number of ketones is 2. The van der Waals surface area contributed by atoms with Gasteiger partial charge in [0.15, 0.2) is 11.6 Å². The summed E-state index contributed by atoms with van der Waals surface area (Å²) in [5, 5.41) is 4.33. The number of carbonyl (C=O) groups is 3. The van der Waals surface area contributed by atoms with E-state index >= 15 is 0 Å². The van der Waals surface area contributed by atoms with Crippen LogP contribution in [0.2, 0.25) is 0 Å². The van der Waals surface area contributed by atoms with E-state index in [2.05, 4.69) is 0 Å². The van der Waals surface area contributed by atoms with Gasteiger partial charge >= 0.3 is 0 Å². The number of rotatable bonds is 10. The standard InChI is InChI=1S/C14H11ClO4S.C14H13NO4S.C7H4Cl2O3S.CH4/c2*1-19-12-7-5-10(6-8-12)14(16)11-3-2-4-13(9-11)20(15,17)18;8-7(10)5-2-1-3-6(4-5)13(9,11)12;/h2-9H,1H3;2-9H,1H3,(H2,15,17,18);1-4H;1H4. The highest BCUT2D eigenvalue weighted by molar-refractivity contribution is 8.14. The van der Waals surface area contributed by atoms with Gasteiger partial charge in [0.1, 0.15) is 11.5 Å². The summed E-state index contributed by atoms with van der Waals surface area (Å²) in [7, 11) is 1.91. The van der Waals surface area contributed by atoms with Crippen LogP contribution in [0.15, 0.2) is 136 Å². The van der Waals surface area contributed by atoms with Crippen LogP contribution >= 0.6 is 33.0 Å². The molecule has 0 saturated heterocycles. The van der Waals surface area contributed by atoms with Crippen molar-refractivity contribution in [1.29, 1.82) is 0 Å². The van der Waals surface area contributed by atoms with E-state index in [1.54, 1.807) is 54.6 Å². The smallest absolute Gasteiger partial charge is 0.261 e. The molecule has 0 heterocycles. The minimum absolute atomic E-state index is 0. The second-order valence-electron chi connectivity index (χ2n) is 10.4. The van der Waals surface area contributed by atoms with Crippen molar-refractivity contribution in [2.24, 2.45) is 5.14 Å². The maximum absolute atomic E-state index is 12.2. The van der Waals surface area contributed by atoms with Crippen LogP contribution in [-0.4, -0.2) is 56.3 Å². The number of primary sulfonamides is 1. The first kappa shape index (κ1) is 45.5. The van der Waals surface area contributed by atoms with E-state index in [0.29, 0.717) is 22.6 Å². The molecule has 5 rings (SSSR count). The van der Waals surface area contributed by atoms with E-state index in [4.69, 9.17) is 47.6 Å². The van der Waals surface area contributed by atoms with Gasteiger partial charge in [0.05, 0.1) is 28.9 Å². The third kappa shape index (κ3) is 13.4. The molecule has 18 heteroatoms. The summed E-state index contributed by atoms with van der Waals surface area (Å²) in [6, 6.07) is 29.6. The van der Waals surface area contributed by atoms with Crippen LogP contribution in [0.3, 0.4) is 0 Å². The number of hydrogen-bond acceptors (Lipinski definition) is 11. The van der Waals surface area contributed by atoms with Crippen molar-refractivity contribution in [2.45, 2.75) is 22.1 Å². The summed E-state index contributed by atoms with van der Waals surface area (Å²) < 4.78 is 76.7. The van der Waals surface area contributed by atoms with Gasteiger partial charge in [-0.25, -0.2) is 30.4 Å². The number of halogens is 3. The predicted molar refractivity (Wildman–Crippen MR) is 207 cm³/mol. The van der Waals surface area contributed by atoms with Crippen LogP contribution in [0.25, 0.3) is 0 Å². The van der Waals surface area contributed by atoms with Gasteiger partial charge in [-0.05, 0) is 96.5 Å². The highest BCUT2D eigenvalue weighted by Gasteiger charge is 2.16. The zero-order valence-electron chi connectivity index (χ0n) is 27.5. The number of methoxy groups -OCH3 is 2. The van der Waals surface area contributed by atoms with E-state index in [-0.39, 0.29) is 50.4 Å². The van der Waals surface area contributed by atoms with Crippen LogP contribution in [0.5, 0.6) is 11.5 Å². The Morgan fingerprint density at radius 3 is 1.13 bits per heavy atom. The number of nitrogens with two attached hydrogens (primary N) is 1. The summed E-state index contributed by atoms with van der Waals surface area (Å²) in [5.41, 5.74) is 1.51. The van der Waals surface area contributed by atoms with Gasteiger partial charge in [-0.3, -0.25) is 14.4 Å². The SMILES string of the molecule is C.COc1ccc(C(=O)c2cccc(S(=O)(=O)Cl)c2)cc1.COc1ccc(C(=O)c2cccc(S(N)(=O)=O)c2)cc1.O=C(Cl)c1cccc(S(=O)(=O)Cl)c1. The first-order valence-corrected chi connectivity index (χ1v) is 21.1. The van der Waals surface area contributed by atoms with Gasteiger partial charge in [-0.1, -0.05) is 43.8 Å². The van der Waals surface area contributed by atoms with Gasteiger partial charge in [-0.2, -0.15) is 0 Å². The maximum Gasteiger partial charge on any atom is 0.261 e. The predicted octanol–water partition coefficient (Wildman–Crippen LogP) is 7.06. The Labute approximate surface area is 327 Å². The monoisotopic (exact) mass is 855 g/mol. The summed E-state index contributed by atoms with van der Waals surface area (Å²) in [5.74, 6) is 0.714. The van der Waals surface area contributed by atoms with E-state index in [1.165, 1.54) is 74.9 Å². The van der Waals surface area contributed by atoms with Crippen LogP contribution < -0.4 is 14.6 Å². The maximum atomic E-state index is 12.2. The molecular weight excluding hydrogens is 825 g/mol. The van der Waals surface area contributed by atoms with Crippen LogP contribution in [0.4, 0.5) is 0 Å². The largest absolute Gasteiger partial charge is 0.497 e. The third-order valence-electron chi connectivity index (χ3n) is 6.85. The van der Waals surface area contributed by atoms with E-state index in [9.17, 15) is 39.6 Å². The molecular formula is C36H32Cl3NO11S3. The molecule has 0 aliphatic carbocycles. The number of benzene rings is 5. The van der Waals surface area contributed by atoms with Crippen molar-refractivity contribution in [1.82, 2.24) is 0 Å². The Morgan fingerprint density at radius 2 is 0.815 bits per heavy atom. The molecule has 0 radical (unpaired) electrons.